The van der Waals surface area contributed by atoms with Crippen molar-refractivity contribution in [2.45, 2.75) is 31.8 Å². The number of carbonyl (C=O) groups is 1. The summed E-state index contributed by atoms with van der Waals surface area (Å²) in [6.07, 6.45) is 2.04. The summed E-state index contributed by atoms with van der Waals surface area (Å²) in [5.74, 6) is 0.214. The van der Waals surface area contributed by atoms with Crippen molar-refractivity contribution >= 4 is 5.91 Å². The SMILES string of the molecule is COCC(C)NC(=O)c1noc(C2CCCN2)n1. The van der Waals surface area contributed by atoms with Crippen LogP contribution in [0.1, 0.15) is 42.3 Å². The summed E-state index contributed by atoms with van der Waals surface area (Å²) in [4.78, 5) is 15.9. The average molecular weight is 254 g/mol. The van der Waals surface area contributed by atoms with Crippen molar-refractivity contribution in [2.75, 3.05) is 20.3 Å². The van der Waals surface area contributed by atoms with E-state index in [0.29, 0.717) is 12.5 Å². The predicted octanol–water partition coefficient (Wildman–Crippen LogP) is 0.259. The number of hydrogen-bond acceptors (Lipinski definition) is 6. The molecule has 2 unspecified atom stereocenters. The topological polar surface area (TPSA) is 89.3 Å². The standard InChI is InChI=1S/C11H18N4O3/c1-7(6-17-2)13-10(16)9-14-11(18-15-9)8-4-3-5-12-8/h7-8,12H,3-6H2,1-2H3,(H,13,16). The van der Waals surface area contributed by atoms with Crippen LogP contribution in [0.25, 0.3) is 0 Å². The Balaban J connectivity index is 1.94. The highest BCUT2D eigenvalue weighted by molar-refractivity contribution is 5.90. The maximum absolute atomic E-state index is 11.8. The van der Waals surface area contributed by atoms with E-state index in [1.165, 1.54) is 0 Å². The minimum atomic E-state index is -0.340. The minimum absolute atomic E-state index is 0.0710. The summed E-state index contributed by atoms with van der Waals surface area (Å²) in [6.45, 7) is 3.24. The molecule has 0 spiro atoms. The number of amides is 1. The lowest BCUT2D eigenvalue weighted by molar-refractivity contribution is 0.0892. The third-order valence-electron chi connectivity index (χ3n) is 2.80. The van der Waals surface area contributed by atoms with E-state index in [4.69, 9.17) is 9.26 Å². The molecular formula is C11H18N4O3. The van der Waals surface area contributed by atoms with Gasteiger partial charge in [-0.2, -0.15) is 4.98 Å². The molecule has 1 aromatic rings. The van der Waals surface area contributed by atoms with E-state index in [9.17, 15) is 4.79 Å². The van der Waals surface area contributed by atoms with Crippen LogP contribution in [0.3, 0.4) is 0 Å². The predicted molar refractivity (Wildman–Crippen MR) is 63.1 cm³/mol. The molecule has 1 fully saturated rings. The molecule has 0 aromatic carbocycles. The van der Waals surface area contributed by atoms with Crippen LogP contribution in [0, 0.1) is 0 Å². The van der Waals surface area contributed by atoms with Gasteiger partial charge in [-0.15, -0.1) is 0 Å². The van der Waals surface area contributed by atoms with Crippen molar-refractivity contribution in [1.82, 2.24) is 20.8 Å². The molecule has 7 nitrogen and oxygen atoms in total. The fourth-order valence-corrected chi connectivity index (χ4v) is 1.94. The molecule has 0 saturated carbocycles. The number of nitrogens with zero attached hydrogens (tertiary/aromatic N) is 2. The van der Waals surface area contributed by atoms with Gasteiger partial charge in [0.1, 0.15) is 0 Å². The Morgan fingerprint density at radius 3 is 3.22 bits per heavy atom. The lowest BCUT2D eigenvalue weighted by Gasteiger charge is -2.10. The summed E-state index contributed by atoms with van der Waals surface area (Å²) in [5, 5.41) is 9.66. The highest BCUT2D eigenvalue weighted by Gasteiger charge is 2.24. The monoisotopic (exact) mass is 254 g/mol. The Kier molecular flexibility index (Phi) is 4.27. The number of nitrogens with one attached hydrogen (secondary N) is 2. The van der Waals surface area contributed by atoms with Gasteiger partial charge in [0, 0.05) is 13.2 Å². The zero-order chi connectivity index (χ0) is 13.0. The van der Waals surface area contributed by atoms with Gasteiger partial charge in [0.2, 0.25) is 5.89 Å². The van der Waals surface area contributed by atoms with E-state index >= 15 is 0 Å². The van der Waals surface area contributed by atoms with Gasteiger partial charge in [-0.05, 0) is 26.3 Å². The van der Waals surface area contributed by atoms with Crippen molar-refractivity contribution in [3.8, 4) is 0 Å². The van der Waals surface area contributed by atoms with Crippen LogP contribution in [0.4, 0.5) is 0 Å². The Morgan fingerprint density at radius 1 is 1.72 bits per heavy atom. The summed E-state index contributed by atoms with van der Waals surface area (Å²) in [5.41, 5.74) is 0. The largest absolute Gasteiger partial charge is 0.383 e. The molecule has 2 heterocycles. The van der Waals surface area contributed by atoms with Gasteiger partial charge in [-0.1, -0.05) is 5.16 Å². The second kappa shape index (κ2) is 5.92. The lowest BCUT2D eigenvalue weighted by Crippen LogP contribution is -2.36. The molecular weight excluding hydrogens is 236 g/mol. The van der Waals surface area contributed by atoms with E-state index in [-0.39, 0.29) is 23.8 Å². The van der Waals surface area contributed by atoms with Crippen LogP contribution in [0.2, 0.25) is 0 Å². The highest BCUT2D eigenvalue weighted by Crippen LogP contribution is 2.20. The smallest absolute Gasteiger partial charge is 0.292 e. The Bertz CT molecular complexity index is 401. The summed E-state index contributed by atoms with van der Waals surface area (Å²) in [7, 11) is 1.58. The lowest BCUT2D eigenvalue weighted by atomic mass is 10.2. The van der Waals surface area contributed by atoms with Crippen LogP contribution in [0.15, 0.2) is 4.52 Å². The maximum atomic E-state index is 11.8. The Hall–Kier alpha value is -1.47. The molecule has 1 aliphatic heterocycles. The fourth-order valence-electron chi connectivity index (χ4n) is 1.94. The van der Waals surface area contributed by atoms with Crippen LogP contribution in [-0.4, -0.2) is 42.4 Å². The number of carbonyl (C=O) groups excluding carboxylic acids is 1. The highest BCUT2D eigenvalue weighted by atomic mass is 16.5. The number of methoxy groups -OCH3 is 1. The molecule has 0 aliphatic carbocycles. The molecule has 2 rings (SSSR count). The van der Waals surface area contributed by atoms with Crippen LogP contribution >= 0.6 is 0 Å². The Labute approximate surface area is 105 Å². The quantitative estimate of drug-likeness (QED) is 0.783. The van der Waals surface area contributed by atoms with E-state index < -0.39 is 0 Å². The minimum Gasteiger partial charge on any atom is -0.383 e. The second-order valence-electron chi connectivity index (χ2n) is 4.44. The molecule has 0 bridgehead atoms. The van der Waals surface area contributed by atoms with Gasteiger partial charge in [0.25, 0.3) is 11.7 Å². The van der Waals surface area contributed by atoms with E-state index in [1.54, 1.807) is 7.11 Å². The van der Waals surface area contributed by atoms with Crippen molar-refractivity contribution in [3.63, 3.8) is 0 Å². The zero-order valence-electron chi connectivity index (χ0n) is 10.6. The summed E-state index contributed by atoms with van der Waals surface area (Å²) >= 11 is 0. The maximum Gasteiger partial charge on any atom is 0.292 e. The first-order valence-corrected chi connectivity index (χ1v) is 6.07. The molecule has 1 aromatic heterocycles. The molecule has 1 aliphatic rings. The second-order valence-corrected chi connectivity index (χ2v) is 4.44. The normalized spacial score (nSPS) is 20.9. The molecule has 2 atom stereocenters. The van der Waals surface area contributed by atoms with Gasteiger partial charge in [-0.3, -0.25) is 4.79 Å². The van der Waals surface area contributed by atoms with Gasteiger partial charge in [0.05, 0.1) is 12.6 Å². The molecule has 2 N–H and O–H groups in total. The molecule has 1 saturated heterocycles. The number of ether oxygens (including phenoxy) is 1. The van der Waals surface area contributed by atoms with Crippen molar-refractivity contribution < 1.29 is 14.1 Å². The molecule has 18 heavy (non-hydrogen) atoms. The van der Waals surface area contributed by atoms with Gasteiger partial charge in [-0.25, -0.2) is 0 Å². The molecule has 7 heteroatoms. The van der Waals surface area contributed by atoms with Gasteiger partial charge < -0.3 is 19.9 Å². The van der Waals surface area contributed by atoms with Crippen LogP contribution < -0.4 is 10.6 Å². The first kappa shape index (κ1) is 13.0. The molecule has 1 amide bonds. The number of rotatable bonds is 5. The van der Waals surface area contributed by atoms with Crippen molar-refractivity contribution in [3.05, 3.63) is 11.7 Å². The number of hydrogen-bond donors (Lipinski definition) is 2. The van der Waals surface area contributed by atoms with Crippen LogP contribution in [-0.2, 0) is 4.74 Å². The third kappa shape index (κ3) is 3.05. The molecule has 0 radical (unpaired) electrons. The average Bonchev–Trinajstić information content (AvgIpc) is 3.00. The summed E-state index contributed by atoms with van der Waals surface area (Å²) in [6, 6.07) is -0.00972. The van der Waals surface area contributed by atoms with Crippen LogP contribution in [0.5, 0.6) is 0 Å². The summed E-state index contributed by atoms with van der Waals surface area (Å²) < 4.78 is 10.0. The van der Waals surface area contributed by atoms with E-state index in [1.807, 2.05) is 6.92 Å². The van der Waals surface area contributed by atoms with Crippen molar-refractivity contribution in [1.29, 1.82) is 0 Å². The zero-order valence-corrected chi connectivity index (χ0v) is 10.6. The fraction of sp³-hybridized carbons (Fsp3) is 0.727. The third-order valence-corrected chi connectivity index (χ3v) is 2.80. The first-order chi connectivity index (χ1) is 8.70. The molecule has 100 valence electrons. The van der Waals surface area contributed by atoms with Gasteiger partial charge >= 0.3 is 0 Å². The Morgan fingerprint density at radius 2 is 2.56 bits per heavy atom. The first-order valence-electron chi connectivity index (χ1n) is 6.07. The van der Waals surface area contributed by atoms with E-state index in [0.717, 1.165) is 19.4 Å². The van der Waals surface area contributed by atoms with Gasteiger partial charge in [0.15, 0.2) is 0 Å². The number of aromatic nitrogens is 2. The van der Waals surface area contributed by atoms with E-state index in [2.05, 4.69) is 20.8 Å². The van der Waals surface area contributed by atoms with Crippen molar-refractivity contribution in [2.24, 2.45) is 0 Å².